The van der Waals surface area contributed by atoms with Gasteiger partial charge in [0.25, 0.3) is 0 Å². The summed E-state index contributed by atoms with van der Waals surface area (Å²) in [6, 6.07) is 6.33. The van der Waals surface area contributed by atoms with E-state index in [9.17, 15) is 4.39 Å². The van der Waals surface area contributed by atoms with Crippen LogP contribution in [0.3, 0.4) is 0 Å². The molecule has 1 N–H and O–H groups in total. The van der Waals surface area contributed by atoms with Crippen LogP contribution in [-0.4, -0.2) is 14.5 Å². The summed E-state index contributed by atoms with van der Waals surface area (Å²) < 4.78 is 14.8. The molecule has 3 nitrogen and oxygen atoms in total. The summed E-state index contributed by atoms with van der Waals surface area (Å²) >= 11 is 1.50. The highest BCUT2D eigenvalue weighted by Gasteiger charge is 2.09. The predicted octanol–water partition coefficient (Wildman–Crippen LogP) is 2.69. The molecule has 0 radical (unpaired) electrons. The lowest BCUT2D eigenvalue weighted by Gasteiger charge is -1.98. The molecule has 0 aliphatic heterocycles. The molecule has 5 heteroatoms. The van der Waals surface area contributed by atoms with Gasteiger partial charge in [0.2, 0.25) is 0 Å². The summed E-state index contributed by atoms with van der Waals surface area (Å²) in [5, 5.41) is 11.0. The van der Waals surface area contributed by atoms with Crippen molar-refractivity contribution in [2.45, 2.75) is 6.61 Å². The first-order chi connectivity index (χ1) is 8.28. The Morgan fingerprint density at radius 3 is 2.76 bits per heavy atom. The van der Waals surface area contributed by atoms with Crippen LogP contribution < -0.4 is 0 Å². The van der Waals surface area contributed by atoms with Crippen molar-refractivity contribution in [2.75, 3.05) is 0 Å². The van der Waals surface area contributed by atoms with Crippen LogP contribution in [0.5, 0.6) is 0 Å². The molecule has 2 heterocycles. The predicted molar refractivity (Wildman–Crippen MR) is 64.4 cm³/mol. The average Bonchev–Trinajstić information content (AvgIpc) is 2.89. The third kappa shape index (κ3) is 1.73. The third-order valence-corrected chi connectivity index (χ3v) is 3.40. The Kier molecular flexibility index (Phi) is 2.42. The van der Waals surface area contributed by atoms with Crippen LogP contribution in [0.2, 0.25) is 0 Å². The molecule has 17 heavy (non-hydrogen) atoms. The van der Waals surface area contributed by atoms with Crippen LogP contribution in [0.4, 0.5) is 4.39 Å². The van der Waals surface area contributed by atoms with Crippen molar-refractivity contribution >= 4 is 16.3 Å². The SMILES string of the molecule is OCc1cn2c(-c3ccc(F)cc3)csc2n1. The number of nitrogens with zero attached hydrogens (tertiary/aromatic N) is 2. The van der Waals surface area contributed by atoms with Gasteiger partial charge in [-0.15, -0.1) is 11.3 Å². The van der Waals surface area contributed by atoms with E-state index >= 15 is 0 Å². The molecule has 0 bridgehead atoms. The fourth-order valence-electron chi connectivity index (χ4n) is 1.73. The topological polar surface area (TPSA) is 37.5 Å². The van der Waals surface area contributed by atoms with Crippen LogP contribution >= 0.6 is 11.3 Å². The Hall–Kier alpha value is -1.72. The number of aliphatic hydroxyl groups is 1. The summed E-state index contributed by atoms with van der Waals surface area (Å²) in [5.41, 5.74) is 2.52. The highest BCUT2D eigenvalue weighted by molar-refractivity contribution is 7.15. The van der Waals surface area contributed by atoms with Gasteiger partial charge in [-0.1, -0.05) is 0 Å². The maximum absolute atomic E-state index is 12.9. The lowest BCUT2D eigenvalue weighted by atomic mass is 10.2. The van der Waals surface area contributed by atoms with Gasteiger partial charge < -0.3 is 5.11 Å². The van der Waals surface area contributed by atoms with E-state index in [2.05, 4.69) is 4.98 Å². The quantitative estimate of drug-likeness (QED) is 0.757. The average molecular weight is 248 g/mol. The van der Waals surface area contributed by atoms with E-state index in [0.29, 0.717) is 5.69 Å². The molecule has 0 saturated heterocycles. The number of halogens is 1. The number of hydrogen-bond acceptors (Lipinski definition) is 3. The molecule has 0 unspecified atom stereocenters. The summed E-state index contributed by atoms with van der Waals surface area (Å²) in [4.78, 5) is 5.08. The maximum Gasteiger partial charge on any atom is 0.194 e. The number of rotatable bonds is 2. The summed E-state index contributed by atoms with van der Waals surface area (Å²) in [5.74, 6) is -0.248. The number of benzene rings is 1. The van der Waals surface area contributed by atoms with Gasteiger partial charge >= 0.3 is 0 Å². The first-order valence-corrected chi connectivity index (χ1v) is 5.98. The van der Waals surface area contributed by atoms with Crippen molar-refractivity contribution in [1.29, 1.82) is 0 Å². The van der Waals surface area contributed by atoms with Gasteiger partial charge in [-0.25, -0.2) is 9.37 Å². The Morgan fingerprint density at radius 2 is 2.06 bits per heavy atom. The molecule has 2 aromatic heterocycles. The van der Waals surface area contributed by atoms with Crippen LogP contribution in [0.1, 0.15) is 5.69 Å². The largest absolute Gasteiger partial charge is 0.390 e. The minimum absolute atomic E-state index is 0.0722. The van der Waals surface area contributed by atoms with E-state index in [1.807, 2.05) is 9.78 Å². The van der Waals surface area contributed by atoms with Gasteiger partial charge in [0.15, 0.2) is 4.96 Å². The molecular formula is C12H9FN2OS. The molecule has 0 aliphatic carbocycles. The van der Waals surface area contributed by atoms with Gasteiger partial charge in [0, 0.05) is 11.6 Å². The standard InChI is InChI=1S/C12H9FN2OS/c13-9-3-1-8(2-4-9)11-7-17-12-14-10(6-16)5-15(11)12/h1-5,7,16H,6H2. The molecule has 3 aromatic rings. The molecule has 0 fully saturated rings. The van der Waals surface area contributed by atoms with Gasteiger partial charge in [-0.05, 0) is 29.8 Å². The highest BCUT2D eigenvalue weighted by atomic mass is 32.1. The Balaban J connectivity index is 2.16. The van der Waals surface area contributed by atoms with E-state index in [4.69, 9.17) is 5.11 Å². The molecule has 0 amide bonds. The lowest BCUT2D eigenvalue weighted by molar-refractivity contribution is 0.277. The number of hydrogen-bond donors (Lipinski definition) is 1. The molecule has 86 valence electrons. The van der Waals surface area contributed by atoms with E-state index in [1.165, 1.54) is 23.5 Å². The Bertz CT molecular complexity index is 657. The molecule has 3 rings (SSSR count). The van der Waals surface area contributed by atoms with E-state index < -0.39 is 0 Å². The van der Waals surface area contributed by atoms with E-state index in [0.717, 1.165) is 16.2 Å². The summed E-state index contributed by atoms with van der Waals surface area (Å²) in [6.45, 7) is -0.0722. The zero-order chi connectivity index (χ0) is 11.8. The fourth-order valence-corrected chi connectivity index (χ4v) is 2.64. The number of aromatic nitrogens is 2. The van der Waals surface area contributed by atoms with Crippen molar-refractivity contribution in [2.24, 2.45) is 0 Å². The monoisotopic (exact) mass is 248 g/mol. The summed E-state index contributed by atoms with van der Waals surface area (Å²) in [6.07, 6.45) is 1.80. The molecule has 0 saturated carbocycles. The molecule has 1 aromatic carbocycles. The maximum atomic E-state index is 12.9. The number of fused-ring (bicyclic) bond motifs is 1. The third-order valence-electron chi connectivity index (χ3n) is 2.56. The van der Waals surface area contributed by atoms with Crippen LogP contribution in [0.15, 0.2) is 35.8 Å². The van der Waals surface area contributed by atoms with Crippen LogP contribution in [0.25, 0.3) is 16.2 Å². The van der Waals surface area contributed by atoms with Crippen LogP contribution in [-0.2, 0) is 6.61 Å². The number of aliphatic hydroxyl groups excluding tert-OH is 1. The Labute approximate surface area is 101 Å². The second kappa shape index (κ2) is 3.94. The number of imidazole rings is 1. The molecule has 0 aliphatic rings. The number of thiazole rings is 1. The van der Waals surface area contributed by atoms with E-state index in [1.54, 1.807) is 18.3 Å². The second-order valence-corrected chi connectivity index (χ2v) is 4.51. The van der Waals surface area contributed by atoms with Gasteiger partial charge in [-0.3, -0.25) is 4.40 Å². The van der Waals surface area contributed by atoms with Gasteiger partial charge in [-0.2, -0.15) is 0 Å². The smallest absolute Gasteiger partial charge is 0.194 e. The molecule has 0 atom stereocenters. The lowest BCUT2D eigenvalue weighted by Crippen LogP contribution is -1.84. The zero-order valence-electron chi connectivity index (χ0n) is 8.80. The first kappa shape index (κ1) is 10.4. The molecular weight excluding hydrogens is 239 g/mol. The van der Waals surface area contributed by atoms with Gasteiger partial charge in [0.1, 0.15) is 5.82 Å². The van der Waals surface area contributed by atoms with Crippen LogP contribution in [0, 0.1) is 5.82 Å². The highest BCUT2D eigenvalue weighted by Crippen LogP contribution is 2.26. The van der Waals surface area contributed by atoms with Crippen molar-refractivity contribution in [1.82, 2.24) is 9.38 Å². The van der Waals surface area contributed by atoms with Crippen molar-refractivity contribution in [3.8, 4) is 11.3 Å². The van der Waals surface area contributed by atoms with Gasteiger partial charge in [0.05, 0.1) is 18.0 Å². The minimum atomic E-state index is -0.248. The van der Waals surface area contributed by atoms with Crippen molar-refractivity contribution in [3.63, 3.8) is 0 Å². The normalized spacial score (nSPS) is 11.2. The Morgan fingerprint density at radius 1 is 1.29 bits per heavy atom. The van der Waals surface area contributed by atoms with E-state index in [-0.39, 0.29) is 12.4 Å². The second-order valence-electron chi connectivity index (χ2n) is 3.67. The molecule has 0 spiro atoms. The zero-order valence-corrected chi connectivity index (χ0v) is 9.62. The van der Waals surface area contributed by atoms with Crippen molar-refractivity contribution in [3.05, 3.63) is 47.4 Å². The summed E-state index contributed by atoms with van der Waals surface area (Å²) in [7, 11) is 0. The fraction of sp³-hybridized carbons (Fsp3) is 0.0833. The first-order valence-electron chi connectivity index (χ1n) is 5.10. The van der Waals surface area contributed by atoms with Crippen molar-refractivity contribution < 1.29 is 9.50 Å². The minimum Gasteiger partial charge on any atom is -0.390 e.